The van der Waals surface area contributed by atoms with E-state index in [2.05, 4.69) is 31.9 Å². The second-order valence-electron chi connectivity index (χ2n) is 5.10. The number of alkyl halides is 1. The van der Waals surface area contributed by atoms with Crippen LogP contribution in [0.2, 0.25) is 0 Å². The van der Waals surface area contributed by atoms with E-state index in [1.165, 1.54) is 12.5 Å². The Bertz CT molecular complexity index is 475. The number of benzene rings is 1. The van der Waals surface area contributed by atoms with Gasteiger partial charge in [-0.15, -0.1) is 0 Å². The van der Waals surface area contributed by atoms with Gasteiger partial charge in [-0.05, 0) is 31.0 Å². The van der Waals surface area contributed by atoms with Crippen LogP contribution in [0.4, 0.5) is 4.39 Å². The van der Waals surface area contributed by atoms with Crippen molar-refractivity contribution in [3.63, 3.8) is 0 Å². The summed E-state index contributed by atoms with van der Waals surface area (Å²) in [6.45, 7) is 0.620. The van der Waals surface area contributed by atoms with Gasteiger partial charge in [0.05, 0.1) is 5.56 Å². The average molecular weight is 407 g/mol. The number of rotatable bonds is 4. The summed E-state index contributed by atoms with van der Waals surface area (Å²) >= 11 is 6.70. The second-order valence-corrected chi connectivity index (χ2v) is 6.81. The van der Waals surface area contributed by atoms with Crippen LogP contribution in [0.5, 0.6) is 0 Å². The lowest BCUT2D eigenvalue weighted by molar-refractivity contribution is 0.0646. The van der Waals surface area contributed by atoms with Gasteiger partial charge in [0.1, 0.15) is 5.82 Å². The number of nitrogens with zero attached hydrogens (tertiary/aromatic N) is 1. The van der Waals surface area contributed by atoms with Crippen molar-refractivity contribution in [3.05, 3.63) is 34.1 Å². The molecule has 1 fully saturated rings. The minimum absolute atomic E-state index is 0.158. The summed E-state index contributed by atoms with van der Waals surface area (Å²) in [6, 6.07) is 4.76. The monoisotopic (exact) mass is 405 g/mol. The van der Waals surface area contributed by atoms with E-state index in [1.54, 1.807) is 12.1 Å². The summed E-state index contributed by atoms with van der Waals surface area (Å²) in [5.74, 6) is -0.649. The molecule has 1 aliphatic rings. The highest BCUT2D eigenvalue weighted by Gasteiger charge is 2.27. The first-order chi connectivity index (χ1) is 9.63. The molecule has 0 N–H and O–H groups in total. The normalized spacial score (nSPS) is 16.1. The molecule has 0 radical (unpaired) electrons. The predicted molar refractivity (Wildman–Crippen MR) is 85.8 cm³/mol. The minimum Gasteiger partial charge on any atom is -0.335 e. The van der Waals surface area contributed by atoms with Crippen molar-refractivity contribution in [2.45, 2.75) is 38.1 Å². The van der Waals surface area contributed by atoms with Crippen LogP contribution in [0, 0.1) is 5.82 Å². The van der Waals surface area contributed by atoms with Crippen molar-refractivity contribution in [2.75, 3.05) is 11.9 Å². The molecule has 2 nitrogen and oxygen atoms in total. The van der Waals surface area contributed by atoms with Gasteiger partial charge >= 0.3 is 0 Å². The molecular formula is C15H18Br2FNO. The Morgan fingerprint density at radius 1 is 1.30 bits per heavy atom. The molecule has 5 heteroatoms. The third kappa shape index (κ3) is 3.82. The van der Waals surface area contributed by atoms with Gasteiger partial charge in [0, 0.05) is 22.4 Å². The highest BCUT2D eigenvalue weighted by atomic mass is 79.9. The third-order valence-corrected chi connectivity index (χ3v) is 4.61. The molecule has 0 aromatic heterocycles. The Kier molecular flexibility index (Phi) is 6.02. The van der Waals surface area contributed by atoms with Crippen molar-refractivity contribution in [1.29, 1.82) is 0 Å². The van der Waals surface area contributed by atoms with Crippen molar-refractivity contribution < 1.29 is 9.18 Å². The van der Waals surface area contributed by atoms with Crippen LogP contribution in [0.15, 0.2) is 22.7 Å². The molecule has 1 aromatic carbocycles. The smallest absolute Gasteiger partial charge is 0.257 e. The largest absolute Gasteiger partial charge is 0.335 e. The Labute approximate surface area is 136 Å². The maximum atomic E-state index is 13.9. The molecule has 0 heterocycles. The lowest BCUT2D eigenvalue weighted by atomic mass is 9.93. The van der Waals surface area contributed by atoms with Crippen LogP contribution < -0.4 is 0 Å². The lowest BCUT2D eigenvalue weighted by Crippen LogP contribution is -2.42. The standard InChI is InChI=1S/C15H18Br2FNO/c16-8-9-19(12-4-2-1-3-5-12)15(20)13-10-11(17)6-7-14(13)18/h6-7,10,12H,1-5,8-9H2. The summed E-state index contributed by atoms with van der Waals surface area (Å²) in [7, 11) is 0. The van der Waals surface area contributed by atoms with E-state index in [0.29, 0.717) is 11.9 Å². The van der Waals surface area contributed by atoms with Crippen LogP contribution in [0.25, 0.3) is 0 Å². The first kappa shape index (κ1) is 16.0. The van der Waals surface area contributed by atoms with Gasteiger partial charge in [-0.25, -0.2) is 4.39 Å². The summed E-state index contributed by atoms with van der Waals surface area (Å²) in [5, 5.41) is 0.713. The number of carbonyl (C=O) groups excluding carboxylic acids is 1. The predicted octanol–water partition coefficient (Wildman–Crippen LogP) is 4.76. The molecule has 0 aliphatic heterocycles. The van der Waals surface area contributed by atoms with E-state index in [4.69, 9.17) is 0 Å². The zero-order chi connectivity index (χ0) is 14.5. The maximum absolute atomic E-state index is 13.9. The molecule has 1 saturated carbocycles. The van der Waals surface area contributed by atoms with Gasteiger partial charge in [0.15, 0.2) is 0 Å². The molecule has 0 atom stereocenters. The summed E-state index contributed by atoms with van der Waals surface area (Å²) in [6.07, 6.45) is 5.58. The zero-order valence-electron chi connectivity index (χ0n) is 11.2. The van der Waals surface area contributed by atoms with Gasteiger partial charge in [0.25, 0.3) is 5.91 Å². The van der Waals surface area contributed by atoms with Crippen LogP contribution in [-0.2, 0) is 0 Å². The average Bonchev–Trinajstić information content (AvgIpc) is 2.47. The van der Waals surface area contributed by atoms with Gasteiger partial charge < -0.3 is 4.90 Å². The number of hydrogen-bond acceptors (Lipinski definition) is 1. The Morgan fingerprint density at radius 2 is 2.00 bits per heavy atom. The number of halogens is 3. The molecule has 0 unspecified atom stereocenters. The first-order valence-corrected chi connectivity index (χ1v) is 8.87. The SMILES string of the molecule is O=C(c1cc(Br)ccc1F)N(CCBr)C1CCCCC1. The highest BCUT2D eigenvalue weighted by Crippen LogP contribution is 2.25. The topological polar surface area (TPSA) is 20.3 Å². The van der Waals surface area contributed by atoms with Crippen molar-refractivity contribution >= 4 is 37.8 Å². The van der Waals surface area contributed by atoms with Crippen molar-refractivity contribution in [3.8, 4) is 0 Å². The van der Waals surface area contributed by atoms with Crippen LogP contribution >= 0.6 is 31.9 Å². The zero-order valence-corrected chi connectivity index (χ0v) is 14.4. The highest BCUT2D eigenvalue weighted by molar-refractivity contribution is 9.10. The summed E-state index contributed by atoms with van der Waals surface area (Å²) in [5.41, 5.74) is 0.158. The van der Waals surface area contributed by atoms with Crippen molar-refractivity contribution in [1.82, 2.24) is 4.90 Å². The fraction of sp³-hybridized carbons (Fsp3) is 0.533. The fourth-order valence-electron chi connectivity index (χ4n) is 2.75. The Morgan fingerprint density at radius 3 is 2.65 bits per heavy atom. The van der Waals surface area contributed by atoms with E-state index in [0.717, 1.165) is 30.2 Å². The van der Waals surface area contributed by atoms with E-state index < -0.39 is 5.82 Å². The summed E-state index contributed by atoms with van der Waals surface area (Å²) < 4.78 is 14.6. The van der Waals surface area contributed by atoms with Crippen LogP contribution in [0.3, 0.4) is 0 Å². The van der Waals surface area contributed by atoms with Gasteiger partial charge in [-0.1, -0.05) is 51.1 Å². The van der Waals surface area contributed by atoms with Crippen LogP contribution in [0.1, 0.15) is 42.5 Å². The van der Waals surface area contributed by atoms with Gasteiger partial charge in [0.2, 0.25) is 0 Å². The second kappa shape index (κ2) is 7.55. The number of amides is 1. The summed E-state index contributed by atoms with van der Waals surface area (Å²) in [4.78, 5) is 14.5. The van der Waals surface area contributed by atoms with Gasteiger partial charge in [-0.2, -0.15) is 0 Å². The van der Waals surface area contributed by atoms with E-state index in [9.17, 15) is 9.18 Å². The molecular weight excluding hydrogens is 389 g/mol. The minimum atomic E-state index is -0.450. The van der Waals surface area contributed by atoms with Crippen LogP contribution in [-0.4, -0.2) is 28.7 Å². The molecule has 20 heavy (non-hydrogen) atoms. The van der Waals surface area contributed by atoms with Gasteiger partial charge in [-0.3, -0.25) is 4.79 Å². The van der Waals surface area contributed by atoms with Crippen molar-refractivity contribution in [2.24, 2.45) is 0 Å². The Balaban J connectivity index is 2.23. The molecule has 1 aromatic rings. The first-order valence-electron chi connectivity index (χ1n) is 6.95. The number of carbonyl (C=O) groups is 1. The Hall–Kier alpha value is -0.420. The van der Waals surface area contributed by atoms with E-state index in [-0.39, 0.29) is 17.5 Å². The molecule has 0 spiro atoms. The molecule has 2 rings (SSSR count). The number of hydrogen-bond donors (Lipinski definition) is 0. The molecule has 110 valence electrons. The molecule has 0 saturated heterocycles. The van der Waals surface area contributed by atoms with E-state index >= 15 is 0 Å². The third-order valence-electron chi connectivity index (χ3n) is 3.76. The quantitative estimate of drug-likeness (QED) is 0.660. The maximum Gasteiger partial charge on any atom is 0.257 e. The van der Waals surface area contributed by atoms with E-state index in [1.807, 2.05) is 4.90 Å². The fourth-order valence-corrected chi connectivity index (χ4v) is 3.49. The lowest BCUT2D eigenvalue weighted by Gasteiger charge is -2.34. The molecule has 1 aliphatic carbocycles. The molecule has 1 amide bonds. The molecule has 0 bridgehead atoms.